The van der Waals surface area contributed by atoms with Gasteiger partial charge in [0.05, 0.1) is 23.3 Å². The van der Waals surface area contributed by atoms with Crippen LogP contribution in [-0.2, 0) is 6.54 Å². The fraction of sp³-hybridized carbons (Fsp3) is 0.250. The largest absolute Gasteiger partial charge is 0.367 e. The Balaban J connectivity index is 1.12. The van der Waals surface area contributed by atoms with Crippen molar-refractivity contribution in [2.75, 3.05) is 17.2 Å². The fourth-order valence-corrected chi connectivity index (χ4v) is 5.14. The van der Waals surface area contributed by atoms with E-state index in [0.717, 1.165) is 45.8 Å². The van der Waals surface area contributed by atoms with Crippen molar-refractivity contribution in [2.24, 2.45) is 5.92 Å². The van der Waals surface area contributed by atoms with Crippen LogP contribution in [0.5, 0.6) is 0 Å². The van der Waals surface area contributed by atoms with Gasteiger partial charge in [0.1, 0.15) is 23.0 Å². The molecule has 1 aromatic carbocycles. The van der Waals surface area contributed by atoms with Gasteiger partial charge in [-0.05, 0) is 61.7 Å². The molecular formula is C28H25F2N7OS. The lowest BCUT2D eigenvalue weighted by molar-refractivity contribution is 0.0950. The van der Waals surface area contributed by atoms with E-state index in [0.29, 0.717) is 30.4 Å². The number of nitrogens with zero attached hydrogens (tertiary/aromatic N) is 4. The Hall–Kier alpha value is -4.25. The number of hydrogen-bond donors (Lipinski definition) is 3. The van der Waals surface area contributed by atoms with Gasteiger partial charge in [0.25, 0.3) is 5.91 Å². The maximum absolute atomic E-state index is 13.5. The van der Waals surface area contributed by atoms with Gasteiger partial charge < -0.3 is 16.0 Å². The number of benzene rings is 1. The van der Waals surface area contributed by atoms with Gasteiger partial charge in [0, 0.05) is 41.0 Å². The number of thiazole rings is 1. The number of rotatable bonds is 9. The second-order valence-electron chi connectivity index (χ2n) is 9.54. The van der Waals surface area contributed by atoms with Crippen molar-refractivity contribution in [1.29, 1.82) is 0 Å². The SMILES string of the molecule is O=C(NCC1C=C(F)C(F)=CC1)c1cccnc1NCc1csc(-c2ccc3ncnc(NC4CC4)c3c2)n1. The predicted molar refractivity (Wildman–Crippen MR) is 148 cm³/mol. The minimum atomic E-state index is -0.890. The first-order valence-electron chi connectivity index (χ1n) is 12.7. The normalized spacial score (nSPS) is 16.9. The van der Waals surface area contributed by atoms with Crippen LogP contribution in [0.1, 0.15) is 35.3 Å². The summed E-state index contributed by atoms with van der Waals surface area (Å²) in [6.07, 6.45) is 8.22. The zero-order valence-corrected chi connectivity index (χ0v) is 21.6. The number of halogens is 2. The molecule has 11 heteroatoms. The molecule has 198 valence electrons. The standard InChI is InChI=1S/C28H25F2N7OS/c29-22-7-3-16(10-23(22)30)12-33-27(38)20-2-1-9-31-25(20)32-13-19-14-39-28(37-19)17-4-8-24-21(11-17)26(35-15-34-24)36-18-5-6-18/h1-2,4,7-11,14-16,18H,3,5-6,12-13H2,(H,31,32)(H,33,38)(H,34,35,36). The zero-order chi connectivity index (χ0) is 26.8. The van der Waals surface area contributed by atoms with Crippen LogP contribution < -0.4 is 16.0 Å². The molecule has 0 bridgehead atoms. The molecule has 0 radical (unpaired) electrons. The van der Waals surface area contributed by atoms with Crippen molar-refractivity contribution in [2.45, 2.75) is 31.8 Å². The van der Waals surface area contributed by atoms with Crippen LogP contribution in [0.2, 0.25) is 0 Å². The molecular weight excluding hydrogens is 520 g/mol. The zero-order valence-electron chi connectivity index (χ0n) is 20.8. The molecule has 0 spiro atoms. The van der Waals surface area contributed by atoms with Gasteiger partial charge in [-0.25, -0.2) is 28.7 Å². The highest BCUT2D eigenvalue weighted by molar-refractivity contribution is 7.13. The van der Waals surface area contributed by atoms with Crippen LogP contribution in [0.3, 0.4) is 0 Å². The maximum atomic E-state index is 13.5. The van der Waals surface area contributed by atoms with Crippen LogP contribution >= 0.6 is 11.3 Å². The average Bonchev–Trinajstić information content (AvgIpc) is 3.65. The maximum Gasteiger partial charge on any atom is 0.255 e. The Morgan fingerprint density at radius 1 is 1.08 bits per heavy atom. The quantitative estimate of drug-likeness (QED) is 0.244. The van der Waals surface area contributed by atoms with E-state index in [1.54, 1.807) is 24.7 Å². The van der Waals surface area contributed by atoms with Gasteiger partial charge in [-0.3, -0.25) is 4.79 Å². The molecule has 1 atom stereocenters. The van der Waals surface area contributed by atoms with Crippen molar-refractivity contribution in [1.82, 2.24) is 25.3 Å². The molecule has 3 aromatic heterocycles. The molecule has 39 heavy (non-hydrogen) atoms. The van der Waals surface area contributed by atoms with E-state index < -0.39 is 11.7 Å². The third-order valence-corrected chi connectivity index (χ3v) is 7.52. The van der Waals surface area contributed by atoms with Gasteiger partial charge in [-0.2, -0.15) is 0 Å². The summed E-state index contributed by atoms with van der Waals surface area (Å²) >= 11 is 1.53. The second-order valence-corrected chi connectivity index (χ2v) is 10.4. The predicted octanol–water partition coefficient (Wildman–Crippen LogP) is 5.79. The number of carbonyl (C=O) groups is 1. The van der Waals surface area contributed by atoms with Gasteiger partial charge in [-0.1, -0.05) is 0 Å². The summed E-state index contributed by atoms with van der Waals surface area (Å²) in [4.78, 5) is 30.8. The van der Waals surface area contributed by atoms with Gasteiger partial charge in [0.2, 0.25) is 0 Å². The van der Waals surface area contributed by atoms with E-state index in [4.69, 9.17) is 4.98 Å². The third-order valence-electron chi connectivity index (χ3n) is 6.58. The summed E-state index contributed by atoms with van der Waals surface area (Å²) in [6, 6.07) is 9.87. The molecule has 1 amide bonds. The van der Waals surface area contributed by atoms with Gasteiger partial charge in [-0.15, -0.1) is 11.3 Å². The van der Waals surface area contributed by atoms with E-state index >= 15 is 0 Å². The molecule has 3 heterocycles. The number of nitrogens with one attached hydrogen (secondary N) is 3. The van der Waals surface area contributed by atoms with Crippen molar-refractivity contribution in [3.8, 4) is 10.6 Å². The van der Waals surface area contributed by atoms with Crippen molar-refractivity contribution in [3.63, 3.8) is 0 Å². The fourth-order valence-electron chi connectivity index (χ4n) is 4.32. The number of carbonyl (C=O) groups excluding carboxylic acids is 1. The van der Waals surface area contributed by atoms with Crippen molar-refractivity contribution >= 4 is 39.8 Å². The Labute approximate surface area is 227 Å². The average molecular weight is 546 g/mol. The minimum absolute atomic E-state index is 0.189. The Kier molecular flexibility index (Phi) is 6.97. The van der Waals surface area contributed by atoms with Crippen LogP contribution in [0.25, 0.3) is 21.5 Å². The minimum Gasteiger partial charge on any atom is -0.367 e. The number of fused-ring (bicyclic) bond motifs is 1. The number of aromatic nitrogens is 4. The topological polar surface area (TPSA) is 105 Å². The van der Waals surface area contributed by atoms with Crippen LogP contribution in [-0.4, -0.2) is 38.4 Å². The van der Waals surface area contributed by atoms with Crippen molar-refractivity contribution < 1.29 is 13.6 Å². The molecule has 0 saturated heterocycles. The first-order valence-corrected chi connectivity index (χ1v) is 13.6. The lowest BCUT2D eigenvalue weighted by atomic mass is 9.99. The third kappa shape index (κ3) is 5.78. The van der Waals surface area contributed by atoms with E-state index in [1.807, 2.05) is 17.5 Å². The van der Waals surface area contributed by atoms with E-state index in [-0.39, 0.29) is 18.4 Å². The Morgan fingerprint density at radius 3 is 2.82 bits per heavy atom. The number of hydrogen-bond acceptors (Lipinski definition) is 8. The number of anilines is 2. The summed E-state index contributed by atoms with van der Waals surface area (Å²) in [5.74, 6) is -1.14. The molecule has 3 N–H and O–H groups in total. The number of amides is 1. The molecule has 6 rings (SSSR count). The highest BCUT2D eigenvalue weighted by Crippen LogP contribution is 2.32. The van der Waals surface area contributed by atoms with Crippen LogP contribution in [0.15, 0.2) is 72.0 Å². The number of allylic oxidation sites excluding steroid dienone is 3. The first-order chi connectivity index (χ1) is 19.0. The lowest BCUT2D eigenvalue weighted by Gasteiger charge is -2.16. The summed E-state index contributed by atoms with van der Waals surface area (Å²) in [5.41, 5.74) is 3.03. The number of pyridine rings is 1. The van der Waals surface area contributed by atoms with Crippen molar-refractivity contribution in [3.05, 3.63) is 83.3 Å². The molecule has 0 aliphatic heterocycles. The molecule has 4 aromatic rings. The molecule has 1 unspecified atom stereocenters. The Morgan fingerprint density at radius 2 is 1.97 bits per heavy atom. The van der Waals surface area contributed by atoms with E-state index in [2.05, 4.69) is 37.0 Å². The second kappa shape index (κ2) is 10.9. The monoisotopic (exact) mass is 545 g/mol. The molecule has 1 saturated carbocycles. The summed E-state index contributed by atoms with van der Waals surface area (Å²) in [6.45, 7) is 0.564. The molecule has 8 nitrogen and oxygen atoms in total. The van der Waals surface area contributed by atoms with E-state index in [9.17, 15) is 13.6 Å². The van der Waals surface area contributed by atoms with E-state index in [1.165, 1.54) is 23.5 Å². The Bertz CT molecular complexity index is 1600. The summed E-state index contributed by atoms with van der Waals surface area (Å²) < 4.78 is 26.7. The molecule has 2 aliphatic carbocycles. The molecule has 1 fully saturated rings. The lowest BCUT2D eigenvalue weighted by Crippen LogP contribution is -2.30. The highest BCUT2D eigenvalue weighted by Gasteiger charge is 2.22. The van der Waals surface area contributed by atoms with Gasteiger partial charge in [0.15, 0.2) is 11.7 Å². The van der Waals surface area contributed by atoms with Crippen LogP contribution in [0.4, 0.5) is 20.4 Å². The van der Waals surface area contributed by atoms with Crippen LogP contribution in [0, 0.1) is 5.92 Å². The summed E-state index contributed by atoms with van der Waals surface area (Å²) in [7, 11) is 0. The van der Waals surface area contributed by atoms with Gasteiger partial charge >= 0.3 is 0 Å². The summed E-state index contributed by atoms with van der Waals surface area (Å²) in [5, 5.41) is 13.3. The first kappa shape index (κ1) is 25.1. The smallest absolute Gasteiger partial charge is 0.255 e. The highest BCUT2D eigenvalue weighted by atomic mass is 32.1. The molecule has 2 aliphatic rings.